The van der Waals surface area contributed by atoms with Crippen LogP contribution in [0.3, 0.4) is 0 Å². The number of carbonyl (C=O) groups excluding carboxylic acids is 1. The van der Waals surface area contributed by atoms with E-state index in [4.69, 9.17) is 0 Å². The maximum absolute atomic E-state index is 12.4. The molecular formula is C18H15N3O2. The molecule has 0 unspecified atom stereocenters. The van der Waals surface area contributed by atoms with Crippen LogP contribution in [0.2, 0.25) is 0 Å². The minimum absolute atomic E-state index is 0.291. The van der Waals surface area contributed by atoms with E-state index < -0.39 is 0 Å². The third kappa shape index (κ3) is 3.47. The van der Waals surface area contributed by atoms with Gasteiger partial charge in [0.15, 0.2) is 12.4 Å². The van der Waals surface area contributed by atoms with Gasteiger partial charge in [-0.05, 0) is 30.3 Å². The fraction of sp³-hybridized carbons (Fsp3) is 0. The van der Waals surface area contributed by atoms with E-state index in [0.717, 1.165) is 11.4 Å². The Kier molecular flexibility index (Phi) is 4.20. The number of aromatic nitrogens is 1. The van der Waals surface area contributed by atoms with Gasteiger partial charge in [0.2, 0.25) is 0 Å². The number of pyridine rings is 1. The van der Waals surface area contributed by atoms with Crippen LogP contribution in [0.15, 0.2) is 85.2 Å². The third-order valence-corrected chi connectivity index (χ3v) is 3.28. The van der Waals surface area contributed by atoms with Crippen molar-refractivity contribution in [2.75, 3.05) is 5.01 Å². The Bertz CT molecular complexity index is 752. The zero-order valence-electron chi connectivity index (χ0n) is 12.3. The van der Waals surface area contributed by atoms with Crippen molar-refractivity contribution >= 4 is 17.3 Å². The summed E-state index contributed by atoms with van der Waals surface area (Å²) in [6.45, 7) is 0. The number of nitrogens with zero attached hydrogens (tertiary/aromatic N) is 2. The van der Waals surface area contributed by atoms with Gasteiger partial charge in [-0.2, -0.15) is 4.73 Å². The highest BCUT2D eigenvalue weighted by atomic mass is 16.5. The molecule has 5 heteroatoms. The van der Waals surface area contributed by atoms with Crippen LogP contribution >= 0.6 is 0 Å². The molecule has 0 saturated carbocycles. The lowest BCUT2D eigenvalue weighted by Crippen LogP contribution is -2.40. The van der Waals surface area contributed by atoms with Crippen molar-refractivity contribution in [1.29, 1.82) is 0 Å². The second-order valence-corrected chi connectivity index (χ2v) is 4.90. The minimum Gasteiger partial charge on any atom is -0.619 e. The third-order valence-electron chi connectivity index (χ3n) is 3.28. The Morgan fingerprint density at radius 2 is 1.43 bits per heavy atom. The monoisotopic (exact) mass is 305 g/mol. The summed E-state index contributed by atoms with van der Waals surface area (Å²) in [6.07, 6.45) is 2.58. The fourth-order valence-corrected chi connectivity index (χ4v) is 2.19. The standard InChI is InChI=1S/C18H15N3O2/c22-18(15-8-7-13-20(23)14-15)19-21(16-9-3-1-4-10-16)17-11-5-2-6-12-17/h1-14H,(H,19,22). The Morgan fingerprint density at radius 3 is 1.96 bits per heavy atom. The number of hydrogen-bond donors (Lipinski definition) is 1. The first kappa shape index (κ1) is 14.6. The summed E-state index contributed by atoms with van der Waals surface area (Å²) in [7, 11) is 0. The summed E-state index contributed by atoms with van der Waals surface area (Å²) in [6, 6.07) is 22.1. The number of anilines is 2. The van der Waals surface area contributed by atoms with E-state index in [0.29, 0.717) is 10.3 Å². The number of hydrogen-bond acceptors (Lipinski definition) is 3. The van der Waals surface area contributed by atoms with Crippen LogP contribution in [0.5, 0.6) is 0 Å². The first-order valence-electron chi connectivity index (χ1n) is 7.14. The molecule has 2 aromatic carbocycles. The smallest absolute Gasteiger partial charge is 0.276 e. The molecule has 0 fully saturated rings. The zero-order valence-corrected chi connectivity index (χ0v) is 12.3. The lowest BCUT2D eigenvalue weighted by Gasteiger charge is -2.25. The lowest BCUT2D eigenvalue weighted by atomic mass is 10.2. The van der Waals surface area contributed by atoms with E-state index in [-0.39, 0.29) is 5.91 Å². The van der Waals surface area contributed by atoms with Crippen LogP contribution in [-0.2, 0) is 0 Å². The maximum Gasteiger partial charge on any atom is 0.276 e. The molecule has 0 aliphatic heterocycles. The molecular weight excluding hydrogens is 290 g/mol. The molecule has 0 atom stereocenters. The largest absolute Gasteiger partial charge is 0.619 e. The van der Waals surface area contributed by atoms with Crippen molar-refractivity contribution < 1.29 is 9.52 Å². The van der Waals surface area contributed by atoms with Crippen molar-refractivity contribution in [1.82, 2.24) is 5.43 Å². The van der Waals surface area contributed by atoms with Gasteiger partial charge >= 0.3 is 0 Å². The SMILES string of the molecule is O=C(NN(c1ccccc1)c1ccccc1)c1ccc[n+]([O-])c1. The maximum atomic E-state index is 12.4. The molecule has 1 heterocycles. The average Bonchev–Trinajstić information content (AvgIpc) is 2.61. The van der Waals surface area contributed by atoms with Crippen LogP contribution in [-0.4, -0.2) is 5.91 Å². The number of benzene rings is 2. The normalized spacial score (nSPS) is 10.1. The number of rotatable bonds is 4. The Morgan fingerprint density at radius 1 is 0.870 bits per heavy atom. The predicted octanol–water partition coefficient (Wildman–Crippen LogP) is 2.80. The number of amides is 1. The summed E-state index contributed by atoms with van der Waals surface area (Å²) < 4.78 is 0.601. The minimum atomic E-state index is -0.358. The van der Waals surface area contributed by atoms with Gasteiger partial charge in [-0.3, -0.25) is 15.2 Å². The second-order valence-electron chi connectivity index (χ2n) is 4.90. The Hall–Kier alpha value is -3.34. The summed E-state index contributed by atoms with van der Waals surface area (Å²) in [5.41, 5.74) is 4.76. The molecule has 5 nitrogen and oxygen atoms in total. The molecule has 0 spiro atoms. The van der Waals surface area contributed by atoms with Crippen LogP contribution in [0.4, 0.5) is 11.4 Å². The number of hydrazine groups is 1. The van der Waals surface area contributed by atoms with Gasteiger partial charge in [0.1, 0.15) is 5.56 Å². The van der Waals surface area contributed by atoms with Crippen molar-refractivity contribution in [3.8, 4) is 0 Å². The van der Waals surface area contributed by atoms with E-state index >= 15 is 0 Å². The van der Waals surface area contributed by atoms with Gasteiger partial charge in [0.05, 0.1) is 11.4 Å². The van der Waals surface area contributed by atoms with Gasteiger partial charge in [0.25, 0.3) is 5.91 Å². The number of nitrogens with one attached hydrogen (secondary N) is 1. The van der Waals surface area contributed by atoms with Crippen molar-refractivity contribution in [3.63, 3.8) is 0 Å². The van der Waals surface area contributed by atoms with E-state index in [1.165, 1.54) is 18.5 Å². The molecule has 114 valence electrons. The van der Waals surface area contributed by atoms with E-state index in [1.807, 2.05) is 60.7 Å². The zero-order chi connectivity index (χ0) is 16.1. The highest BCUT2D eigenvalue weighted by molar-refractivity contribution is 5.95. The van der Waals surface area contributed by atoms with Crippen LogP contribution in [0.25, 0.3) is 0 Å². The van der Waals surface area contributed by atoms with Gasteiger partial charge < -0.3 is 5.21 Å². The van der Waals surface area contributed by atoms with E-state index in [9.17, 15) is 10.0 Å². The van der Waals surface area contributed by atoms with Gasteiger partial charge in [-0.15, -0.1) is 0 Å². The molecule has 1 aromatic heterocycles. The number of para-hydroxylation sites is 2. The van der Waals surface area contributed by atoms with Crippen LogP contribution in [0.1, 0.15) is 10.4 Å². The lowest BCUT2D eigenvalue weighted by molar-refractivity contribution is -0.605. The predicted molar refractivity (Wildman–Crippen MR) is 87.9 cm³/mol. The second kappa shape index (κ2) is 6.62. The summed E-state index contributed by atoms with van der Waals surface area (Å²) in [5.74, 6) is -0.358. The molecule has 3 rings (SSSR count). The average molecular weight is 305 g/mol. The molecule has 0 aliphatic rings. The molecule has 1 N–H and O–H groups in total. The highest BCUT2D eigenvalue weighted by Crippen LogP contribution is 2.22. The van der Waals surface area contributed by atoms with E-state index in [1.54, 1.807) is 11.1 Å². The quantitative estimate of drug-likeness (QED) is 0.458. The van der Waals surface area contributed by atoms with Crippen molar-refractivity contribution in [2.24, 2.45) is 0 Å². The topological polar surface area (TPSA) is 59.3 Å². The summed E-state index contributed by atoms with van der Waals surface area (Å²) in [5, 5.41) is 13.0. The Balaban J connectivity index is 1.92. The number of carbonyl (C=O) groups is 1. The van der Waals surface area contributed by atoms with Crippen molar-refractivity contribution in [3.05, 3.63) is 96.0 Å². The van der Waals surface area contributed by atoms with Crippen LogP contribution in [0, 0.1) is 5.21 Å². The van der Waals surface area contributed by atoms with Crippen LogP contribution < -0.4 is 15.2 Å². The Labute approximate surface area is 134 Å². The van der Waals surface area contributed by atoms with Gasteiger partial charge in [-0.1, -0.05) is 36.4 Å². The molecule has 0 aliphatic carbocycles. The molecule has 0 radical (unpaired) electrons. The van der Waals surface area contributed by atoms with Crippen molar-refractivity contribution in [2.45, 2.75) is 0 Å². The fourth-order valence-electron chi connectivity index (χ4n) is 2.19. The highest BCUT2D eigenvalue weighted by Gasteiger charge is 2.15. The first-order chi connectivity index (χ1) is 11.2. The van der Waals surface area contributed by atoms with E-state index in [2.05, 4.69) is 5.43 Å². The van der Waals surface area contributed by atoms with Gasteiger partial charge in [-0.25, -0.2) is 0 Å². The molecule has 0 saturated heterocycles. The molecule has 23 heavy (non-hydrogen) atoms. The first-order valence-corrected chi connectivity index (χ1v) is 7.14. The molecule has 0 bridgehead atoms. The summed E-state index contributed by atoms with van der Waals surface area (Å²) >= 11 is 0. The molecule has 3 aromatic rings. The molecule has 1 amide bonds. The summed E-state index contributed by atoms with van der Waals surface area (Å²) in [4.78, 5) is 12.4. The van der Waals surface area contributed by atoms with Gasteiger partial charge in [0, 0.05) is 6.07 Å².